The summed E-state index contributed by atoms with van der Waals surface area (Å²) in [6.45, 7) is -0.340. The van der Waals surface area contributed by atoms with Crippen LogP contribution in [0.5, 0.6) is 0 Å². The first kappa shape index (κ1) is 20.9. The van der Waals surface area contributed by atoms with Gasteiger partial charge >= 0.3 is 10.3 Å². The maximum Gasteiger partial charge on any atom is 0.333 e. The quantitative estimate of drug-likeness (QED) is 0.380. The summed E-state index contributed by atoms with van der Waals surface area (Å²) in [6, 6.07) is 8.09. The molecule has 0 aliphatic heterocycles. The molecule has 13 heteroatoms. The first-order valence-electron chi connectivity index (χ1n) is 8.99. The number of aliphatic hydroxyl groups excluding tert-OH is 2. The van der Waals surface area contributed by atoms with E-state index in [9.17, 15) is 18.6 Å². The molecular weight excluding hydrogens is 436 g/mol. The van der Waals surface area contributed by atoms with Crippen LogP contribution in [0.2, 0.25) is 5.15 Å². The van der Waals surface area contributed by atoms with Gasteiger partial charge in [0.05, 0.1) is 24.4 Å². The lowest BCUT2D eigenvalue weighted by atomic mass is 10.1. The number of halogens is 1. The van der Waals surface area contributed by atoms with Crippen LogP contribution in [0.1, 0.15) is 6.42 Å². The molecule has 3 aromatic heterocycles. The van der Waals surface area contributed by atoms with Crippen LogP contribution in [-0.2, 0) is 14.5 Å². The highest BCUT2D eigenvalue weighted by atomic mass is 35.5. The van der Waals surface area contributed by atoms with Crippen LogP contribution in [0.4, 0.5) is 5.82 Å². The first-order chi connectivity index (χ1) is 14.2. The minimum atomic E-state index is -4.15. The lowest BCUT2D eigenvalue weighted by Crippen LogP contribution is -2.36. The number of rotatable bonds is 6. The molecule has 1 fully saturated rings. The molecule has 0 aromatic carbocycles. The molecule has 4 atom stereocenters. The summed E-state index contributed by atoms with van der Waals surface area (Å²) in [5, 5.41) is 33.3. The van der Waals surface area contributed by atoms with E-state index >= 15 is 0 Å². The summed E-state index contributed by atoms with van der Waals surface area (Å²) in [6.07, 6.45) is -0.488. The van der Waals surface area contributed by atoms with Gasteiger partial charge in [0, 0.05) is 24.2 Å². The van der Waals surface area contributed by atoms with Crippen LogP contribution in [0.3, 0.4) is 0 Å². The summed E-state index contributed by atoms with van der Waals surface area (Å²) in [4.78, 5) is 8.52. The van der Waals surface area contributed by atoms with E-state index < -0.39 is 34.5 Å². The number of nitrogens with zero attached hydrogens (tertiary/aromatic N) is 4. The standard InChI is InChI=1S/C17H19ClN6O5S/c18-13-7-15(21-12-5-9(16(25)17(12)26)8-29-30(19,27)28)24-14(22-13)6-11(23-24)10-3-1-2-4-20-10/h1-4,6-7,9,12,16-17,21,25-26H,5,8H2,(H2,19,27,28)/t9?,12-,16-,17+/m1/s1. The van der Waals surface area contributed by atoms with Crippen LogP contribution in [-0.4, -0.2) is 63.1 Å². The average molecular weight is 455 g/mol. The summed E-state index contributed by atoms with van der Waals surface area (Å²) in [5.74, 6) is -0.193. The maximum absolute atomic E-state index is 11.0. The van der Waals surface area contributed by atoms with Gasteiger partial charge in [0.2, 0.25) is 0 Å². The Labute approximate surface area is 176 Å². The van der Waals surface area contributed by atoms with E-state index in [-0.39, 0.29) is 18.2 Å². The van der Waals surface area contributed by atoms with Crippen LogP contribution < -0.4 is 10.5 Å². The fourth-order valence-corrected chi connectivity index (χ4v) is 4.05. The number of nitrogens with one attached hydrogen (secondary N) is 1. The van der Waals surface area contributed by atoms with E-state index in [1.807, 2.05) is 12.1 Å². The predicted molar refractivity (Wildman–Crippen MR) is 108 cm³/mol. The van der Waals surface area contributed by atoms with Gasteiger partial charge in [0.15, 0.2) is 5.65 Å². The second-order valence-corrected chi connectivity index (χ2v) is 8.59. The van der Waals surface area contributed by atoms with Gasteiger partial charge in [0.25, 0.3) is 0 Å². The van der Waals surface area contributed by atoms with Crippen LogP contribution in [0.25, 0.3) is 17.0 Å². The Bertz CT molecular complexity index is 1160. The molecule has 5 N–H and O–H groups in total. The van der Waals surface area contributed by atoms with Crippen LogP contribution in [0, 0.1) is 5.92 Å². The molecule has 11 nitrogen and oxygen atoms in total. The largest absolute Gasteiger partial charge is 0.390 e. The highest BCUT2D eigenvalue weighted by molar-refractivity contribution is 7.84. The van der Waals surface area contributed by atoms with Gasteiger partial charge in [-0.1, -0.05) is 17.7 Å². The van der Waals surface area contributed by atoms with Gasteiger partial charge in [-0.05, 0) is 18.6 Å². The van der Waals surface area contributed by atoms with Crippen molar-refractivity contribution in [3.05, 3.63) is 41.7 Å². The second kappa shape index (κ2) is 8.06. The molecule has 1 saturated carbocycles. The highest BCUT2D eigenvalue weighted by Gasteiger charge is 2.42. The van der Waals surface area contributed by atoms with Crippen molar-refractivity contribution in [2.24, 2.45) is 11.1 Å². The molecule has 30 heavy (non-hydrogen) atoms. The summed E-state index contributed by atoms with van der Waals surface area (Å²) >= 11 is 6.14. The van der Waals surface area contributed by atoms with Crippen molar-refractivity contribution in [2.75, 3.05) is 11.9 Å². The molecular formula is C17H19ClN6O5S. The van der Waals surface area contributed by atoms with Crippen molar-refractivity contribution >= 4 is 33.4 Å². The van der Waals surface area contributed by atoms with Gasteiger partial charge in [-0.25, -0.2) is 10.1 Å². The number of aromatic nitrogens is 4. The fourth-order valence-electron chi connectivity index (χ4n) is 3.49. The zero-order valence-corrected chi connectivity index (χ0v) is 17.0. The minimum absolute atomic E-state index is 0.208. The number of fused-ring (bicyclic) bond motifs is 1. The normalized spacial score (nSPS) is 24.4. The molecule has 1 aliphatic rings. The second-order valence-electron chi connectivity index (χ2n) is 6.98. The lowest BCUT2D eigenvalue weighted by Gasteiger charge is -2.19. The molecule has 0 radical (unpaired) electrons. The third kappa shape index (κ3) is 4.38. The molecule has 1 aliphatic carbocycles. The fraction of sp³-hybridized carbons (Fsp3) is 0.353. The summed E-state index contributed by atoms with van der Waals surface area (Å²) in [7, 11) is -4.15. The summed E-state index contributed by atoms with van der Waals surface area (Å²) in [5.41, 5.74) is 1.70. The molecule has 1 unspecified atom stereocenters. The topological polar surface area (TPSA) is 165 Å². The number of anilines is 1. The number of pyridine rings is 1. The number of hydrogen-bond donors (Lipinski definition) is 4. The van der Waals surface area contributed by atoms with Crippen molar-refractivity contribution in [2.45, 2.75) is 24.7 Å². The van der Waals surface area contributed by atoms with Gasteiger partial charge in [-0.15, -0.1) is 0 Å². The maximum atomic E-state index is 11.0. The van der Waals surface area contributed by atoms with Crippen molar-refractivity contribution < 1.29 is 22.8 Å². The molecule has 3 heterocycles. The molecule has 0 bridgehead atoms. The highest BCUT2D eigenvalue weighted by Crippen LogP contribution is 2.31. The smallest absolute Gasteiger partial charge is 0.333 e. The zero-order valence-electron chi connectivity index (χ0n) is 15.5. The third-order valence-corrected chi connectivity index (χ3v) is 5.56. The van der Waals surface area contributed by atoms with E-state index in [4.69, 9.17) is 16.7 Å². The Kier molecular flexibility index (Phi) is 5.61. The molecule has 0 saturated heterocycles. The van der Waals surface area contributed by atoms with Crippen molar-refractivity contribution in [1.82, 2.24) is 19.6 Å². The molecule has 0 amide bonds. The van der Waals surface area contributed by atoms with E-state index in [0.29, 0.717) is 22.9 Å². The number of nitrogens with two attached hydrogens (primary N) is 1. The zero-order chi connectivity index (χ0) is 21.5. The average Bonchev–Trinajstić information content (AvgIpc) is 3.23. The van der Waals surface area contributed by atoms with Gasteiger partial charge in [-0.3, -0.25) is 9.17 Å². The van der Waals surface area contributed by atoms with Gasteiger partial charge in [-0.2, -0.15) is 18.0 Å². The Morgan fingerprint density at radius 3 is 2.77 bits per heavy atom. The van der Waals surface area contributed by atoms with Crippen LogP contribution >= 0.6 is 11.6 Å². The van der Waals surface area contributed by atoms with E-state index in [2.05, 4.69) is 24.6 Å². The van der Waals surface area contributed by atoms with Crippen molar-refractivity contribution in [3.63, 3.8) is 0 Å². The first-order valence-corrected chi connectivity index (χ1v) is 10.8. The van der Waals surface area contributed by atoms with E-state index in [1.54, 1.807) is 18.3 Å². The van der Waals surface area contributed by atoms with E-state index in [1.165, 1.54) is 10.6 Å². The number of aliphatic hydroxyl groups is 2. The monoisotopic (exact) mass is 454 g/mol. The molecule has 0 spiro atoms. The Morgan fingerprint density at radius 2 is 2.07 bits per heavy atom. The third-order valence-electron chi connectivity index (χ3n) is 4.90. The van der Waals surface area contributed by atoms with Crippen LogP contribution in [0.15, 0.2) is 36.5 Å². The van der Waals surface area contributed by atoms with Gasteiger partial charge < -0.3 is 15.5 Å². The Balaban J connectivity index is 1.59. The Morgan fingerprint density at radius 1 is 1.27 bits per heavy atom. The van der Waals surface area contributed by atoms with Crippen molar-refractivity contribution in [1.29, 1.82) is 0 Å². The molecule has 3 aromatic rings. The Hall–Kier alpha value is -2.35. The van der Waals surface area contributed by atoms with Crippen molar-refractivity contribution in [3.8, 4) is 11.4 Å². The van der Waals surface area contributed by atoms with E-state index in [0.717, 1.165) is 0 Å². The molecule has 160 valence electrons. The summed E-state index contributed by atoms with van der Waals surface area (Å²) < 4.78 is 28.1. The number of hydrogen-bond acceptors (Lipinski definition) is 9. The predicted octanol–water partition coefficient (Wildman–Crippen LogP) is 0.187. The minimum Gasteiger partial charge on any atom is -0.390 e. The van der Waals surface area contributed by atoms with Gasteiger partial charge in [0.1, 0.15) is 22.8 Å². The lowest BCUT2D eigenvalue weighted by molar-refractivity contribution is 0.00777. The SMILES string of the molecule is NS(=O)(=O)OCC1C[C@@H](Nc2cc(Cl)nc3cc(-c4ccccn4)nn23)[C@H](O)[C@@H]1O. The molecule has 4 rings (SSSR count).